The maximum absolute atomic E-state index is 11.3. The van der Waals surface area contributed by atoms with Crippen LogP contribution in [0.4, 0.5) is 0 Å². The molecule has 4 heteroatoms. The van der Waals surface area contributed by atoms with E-state index >= 15 is 0 Å². The van der Waals surface area contributed by atoms with Gasteiger partial charge in [-0.1, -0.05) is 6.92 Å². The van der Waals surface area contributed by atoms with E-state index in [9.17, 15) is 4.79 Å². The lowest BCUT2D eigenvalue weighted by molar-refractivity contribution is -0.122. The van der Waals surface area contributed by atoms with Gasteiger partial charge in [-0.3, -0.25) is 4.79 Å². The first-order chi connectivity index (χ1) is 6.70. The quantitative estimate of drug-likeness (QED) is 0.564. The fourth-order valence-electron chi connectivity index (χ4n) is 1.06. The van der Waals surface area contributed by atoms with E-state index in [0.29, 0.717) is 19.6 Å². The monoisotopic (exact) mass is 202 g/mol. The van der Waals surface area contributed by atoms with Gasteiger partial charge in [0.2, 0.25) is 5.91 Å². The van der Waals surface area contributed by atoms with Gasteiger partial charge in [0, 0.05) is 25.6 Å². The molecule has 4 nitrogen and oxygen atoms in total. The molecular weight excluding hydrogens is 180 g/mol. The van der Waals surface area contributed by atoms with E-state index in [0.717, 1.165) is 13.1 Å². The van der Waals surface area contributed by atoms with E-state index in [4.69, 9.17) is 4.74 Å². The van der Waals surface area contributed by atoms with Crippen LogP contribution in [0.25, 0.3) is 0 Å². The molecule has 0 bridgehead atoms. The summed E-state index contributed by atoms with van der Waals surface area (Å²) in [7, 11) is 0. The van der Waals surface area contributed by atoms with Gasteiger partial charge in [0.1, 0.15) is 0 Å². The zero-order chi connectivity index (χ0) is 10.8. The van der Waals surface area contributed by atoms with Crippen molar-refractivity contribution in [3.8, 4) is 0 Å². The summed E-state index contributed by atoms with van der Waals surface area (Å²) in [6.07, 6.45) is 0.532. The molecule has 0 aliphatic rings. The molecule has 1 unspecified atom stereocenters. The molecule has 1 atom stereocenters. The Balaban J connectivity index is 3.40. The number of ether oxygens (including phenoxy) is 1. The van der Waals surface area contributed by atoms with Crippen LogP contribution < -0.4 is 10.6 Å². The van der Waals surface area contributed by atoms with Crippen molar-refractivity contribution >= 4 is 5.91 Å². The molecule has 2 N–H and O–H groups in total. The highest BCUT2D eigenvalue weighted by Crippen LogP contribution is 1.86. The van der Waals surface area contributed by atoms with Crippen LogP contribution in [-0.2, 0) is 9.53 Å². The topological polar surface area (TPSA) is 50.4 Å². The molecular formula is C10H22N2O2. The van der Waals surface area contributed by atoms with Crippen LogP contribution in [-0.4, -0.2) is 38.3 Å². The molecule has 0 heterocycles. The standard InChI is InChI=1S/C10H22N2O2/c1-4-11-7-6-10(13)12-9(3)8-14-5-2/h9,11H,4-8H2,1-3H3,(H,12,13). The van der Waals surface area contributed by atoms with Gasteiger partial charge < -0.3 is 15.4 Å². The van der Waals surface area contributed by atoms with Gasteiger partial charge in [0.05, 0.1) is 6.61 Å². The predicted octanol–water partition coefficient (Wildman–Crippen LogP) is 0.527. The molecule has 0 spiro atoms. The summed E-state index contributed by atoms with van der Waals surface area (Å²) >= 11 is 0. The van der Waals surface area contributed by atoms with Crippen LogP contribution in [0.2, 0.25) is 0 Å². The van der Waals surface area contributed by atoms with Gasteiger partial charge in [0.15, 0.2) is 0 Å². The van der Waals surface area contributed by atoms with Gasteiger partial charge >= 0.3 is 0 Å². The third-order valence-corrected chi connectivity index (χ3v) is 1.76. The van der Waals surface area contributed by atoms with Gasteiger partial charge in [-0.05, 0) is 20.4 Å². The van der Waals surface area contributed by atoms with Crippen LogP contribution >= 0.6 is 0 Å². The van der Waals surface area contributed by atoms with Crippen molar-refractivity contribution < 1.29 is 9.53 Å². The number of carbonyl (C=O) groups is 1. The minimum absolute atomic E-state index is 0.0816. The molecule has 0 aromatic rings. The second-order valence-electron chi connectivity index (χ2n) is 3.23. The molecule has 0 saturated carbocycles. The molecule has 0 rings (SSSR count). The maximum atomic E-state index is 11.3. The summed E-state index contributed by atoms with van der Waals surface area (Å²) in [5, 5.41) is 5.97. The van der Waals surface area contributed by atoms with Crippen molar-refractivity contribution in [1.29, 1.82) is 0 Å². The van der Waals surface area contributed by atoms with E-state index in [1.807, 2.05) is 20.8 Å². The normalized spacial score (nSPS) is 12.5. The molecule has 0 aromatic heterocycles. The fraction of sp³-hybridized carbons (Fsp3) is 0.900. The first kappa shape index (κ1) is 13.4. The summed E-state index contributed by atoms with van der Waals surface area (Å²) in [5.74, 6) is 0.0816. The third kappa shape index (κ3) is 8.01. The molecule has 14 heavy (non-hydrogen) atoms. The Morgan fingerprint density at radius 3 is 2.71 bits per heavy atom. The number of rotatable bonds is 8. The van der Waals surface area contributed by atoms with Gasteiger partial charge in [-0.15, -0.1) is 0 Å². The van der Waals surface area contributed by atoms with Crippen molar-refractivity contribution in [1.82, 2.24) is 10.6 Å². The Bertz CT molecular complexity index is 151. The second-order valence-corrected chi connectivity index (χ2v) is 3.23. The van der Waals surface area contributed by atoms with E-state index in [1.165, 1.54) is 0 Å². The smallest absolute Gasteiger partial charge is 0.221 e. The summed E-state index contributed by atoms with van der Waals surface area (Å²) < 4.78 is 5.19. The molecule has 0 saturated heterocycles. The zero-order valence-electron chi connectivity index (χ0n) is 9.43. The zero-order valence-corrected chi connectivity index (χ0v) is 9.43. The Labute approximate surface area is 86.4 Å². The fourth-order valence-corrected chi connectivity index (χ4v) is 1.06. The molecule has 1 amide bonds. The van der Waals surface area contributed by atoms with E-state index < -0.39 is 0 Å². The number of amides is 1. The van der Waals surface area contributed by atoms with Crippen LogP contribution in [0.5, 0.6) is 0 Å². The molecule has 0 aromatic carbocycles. The Kier molecular flexibility index (Phi) is 8.57. The summed E-state index contributed by atoms with van der Waals surface area (Å²) in [5.41, 5.74) is 0. The molecule has 0 aliphatic heterocycles. The average molecular weight is 202 g/mol. The van der Waals surface area contributed by atoms with Crippen molar-refractivity contribution in [2.75, 3.05) is 26.3 Å². The Hall–Kier alpha value is -0.610. The van der Waals surface area contributed by atoms with Gasteiger partial charge in [-0.25, -0.2) is 0 Å². The predicted molar refractivity (Wildman–Crippen MR) is 57.3 cm³/mol. The first-order valence-corrected chi connectivity index (χ1v) is 5.28. The molecule has 0 radical (unpaired) electrons. The minimum Gasteiger partial charge on any atom is -0.380 e. The summed E-state index contributed by atoms with van der Waals surface area (Å²) in [6, 6.07) is 0.101. The van der Waals surface area contributed by atoms with Crippen LogP contribution in [0.1, 0.15) is 27.2 Å². The lowest BCUT2D eigenvalue weighted by atomic mass is 10.3. The van der Waals surface area contributed by atoms with Crippen LogP contribution in [0.3, 0.4) is 0 Å². The number of hydrogen-bond acceptors (Lipinski definition) is 3. The highest BCUT2D eigenvalue weighted by atomic mass is 16.5. The van der Waals surface area contributed by atoms with Crippen molar-refractivity contribution in [3.05, 3.63) is 0 Å². The SMILES string of the molecule is CCNCCC(=O)NC(C)COCC. The second kappa shape index (κ2) is 8.97. The van der Waals surface area contributed by atoms with Crippen molar-refractivity contribution in [2.45, 2.75) is 33.2 Å². The van der Waals surface area contributed by atoms with E-state index in [1.54, 1.807) is 0 Å². The lowest BCUT2D eigenvalue weighted by Gasteiger charge is -2.13. The highest BCUT2D eigenvalue weighted by molar-refractivity contribution is 5.76. The largest absolute Gasteiger partial charge is 0.380 e. The third-order valence-electron chi connectivity index (χ3n) is 1.76. The number of hydrogen-bond donors (Lipinski definition) is 2. The van der Waals surface area contributed by atoms with Crippen molar-refractivity contribution in [3.63, 3.8) is 0 Å². The Morgan fingerprint density at radius 1 is 1.43 bits per heavy atom. The average Bonchev–Trinajstić information content (AvgIpc) is 2.15. The van der Waals surface area contributed by atoms with Gasteiger partial charge in [-0.2, -0.15) is 0 Å². The number of carbonyl (C=O) groups excluding carboxylic acids is 1. The van der Waals surface area contributed by atoms with E-state index in [-0.39, 0.29) is 11.9 Å². The van der Waals surface area contributed by atoms with Crippen molar-refractivity contribution in [2.24, 2.45) is 0 Å². The van der Waals surface area contributed by atoms with Crippen LogP contribution in [0.15, 0.2) is 0 Å². The molecule has 0 fully saturated rings. The Morgan fingerprint density at radius 2 is 2.14 bits per heavy atom. The summed E-state index contributed by atoms with van der Waals surface area (Å²) in [6.45, 7) is 8.84. The van der Waals surface area contributed by atoms with Crippen LogP contribution in [0, 0.1) is 0 Å². The highest BCUT2D eigenvalue weighted by Gasteiger charge is 2.05. The van der Waals surface area contributed by atoms with Gasteiger partial charge in [0.25, 0.3) is 0 Å². The maximum Gasteiger partial charge on any atom is 0.221 e. The first-order valence-electron chi connectivity index (χ1n) is 5.28. The minimum atomic E-state index is 0.0816. The van der Waals surface area contributed by atoms with E-state index in [2.05, 4.69) is 10.6 Å². The molecule has 0 aliphatic carbocycles. The number of nitrogens with one attached hydrogen (secondary N) is 2. The summed E-state index contributed by atoms with van der Waals surface area (Å²) in [4.78, 5) is 11.3. The molecule has 84 valence electrons. The lowest BCUT2D eigenvalue weighted by Crippen LogP contribution is -2.37.